The molecule has 1 aromatic heterocycles. The number of likely N-dealkylation sites (N-methyl/N-ethyl adjacent to an activating group) is 1. The predicted molar refractivity (Wildman–Crippen MR) is 79.6 cm³/mol. The maximum absolute atomic E-state index is 10.2. The summed E-state index contributed by atoms with van der Waals surface area (Å²) in [5, 5.41) is 13.9. The van der Waals surface area contributed by atoms with Crippen LogP contribution in [-0.2, 0) is 6.54 Å². The van der Waals surface area contributed by atoms with Crippen molar-refractivity contribution >= 4 is 22.9 Å². The number of aryl methyl sites for hydroxylation is 1. The van der Waals surface area contributed by atoms with Crippen LogP contribution in [0.5, 0.6) is 0 Å². The Kier molecular flexibility index (Phi) is 4.93. The Morgan fingerprint density at radius 2 is 2.26 bits per heavy atom. The lowest BCUT2D eigenvalue weighted by atomic mass is 10.1. The fourth-order valence-electron chi connectivity index (χ4n) is 1.89. The molecule has 1 heterocycles. The van der Waals surface area contributed by atoms with Crippen molar-refractivity contribution in [3.05, 3.63) is 50.9 Å². The molecule has 5 heteroatoms. The molecule has 0 fully saturated rings. The van der Waals surface area contributed by atoms with Crippen LogP contribution in [0.4, 0.5) is 0 Å². The van der Waals surface area contributed by atoms with Gasteiger partial charge in [-0.15, -0.1) is 11.3 Å². The minimum absolute atomic E-state index is 0.537. The van der Waals surface area contributed by atoms with E-state index in [-0.39, 0.29) is 0 Å². The first-order valence-corrected chi connectivity index (χ1v) is 7.33. The Labute approximate surface area is 122 Å². The van der Waals surface area contributed by atoms with E-state index in [1.165, 1.54) is 0 Å². The third-order valence-electron chi connectivity index (χ3n) is 2.79. The number of hydrogen-bond acceptors (Lipinski definition) is 4. The Bertz CT molecular complexity index is 544. The van der Waals surface area contributed by atoms with Crippen molar-refractivity contribution in [2.45, 2.75) is 19.6 Å². The van der Waals surface area contributed by atoms with Crippen molar-refractivity contribution in [2.75, 3.05) is 13.6 Å². The molecule has 102 valence electrons. The Morgan fingerprint density at radius 3 is 2.89 bits per heavy atom. The van der Waals surface area contributed by atoms with E-state index in [1.54, 1.807) is 23.5 Å². The highest BCUT2D eigenvalue weighted by molar-refractivity contribution is 7.09. The van der Waals surface area contributed by atoms with E-state index in [4.69, 9.17) is 11.6 Å². The van der Waals surface area contributed by atoms with Gasteiger partial charge in [0.2, 0.25) is 0 Å². The number of aliphatic hydroxyl groups excluding tert-OH is 1. The number of halogens is 1. The largest absolute Gasteiger partial charge is 0.387 e. The monoisotopic (exact) mass is 296 g/mol. The molecule has 0 saturated carbocycles. The molecular formula is C14H17ClN2OS. The van der Waals surface area contributed by atoms with Crippen LogP contribution in [0.3, 0.4) is 0 Å². The number of hydrogen-bond donors (Lipinski definition) is 1. The van der Waals surface area contributed by atoms with Gasteiger partial charge in [0.1, 0.15) is 5.01 Å². The third kappa shape index (κ3) is 4.28. The van der Waals surface area contributed by atoms with Crippen LogP contribution in [0.25, 0.3) is 0 Å². The number of thiazole rings is 1. The number of rotatable bonds is 5. The lowest BCUT2D eigenvalue weighted by molar-refractivity contribution is 0.124. The van der Waals surface area contributed by atoms with Crippen LogP contribution in [-0.4, -0.2) is 28.6 Å². The normalized spacial score (nSPS) is 12.9. The van der Waals surface area contributed by atoms with Crippen molar-refractivity contribution in [3.8, 4) is 0 Å². The molecule has 1 atom stereocenters. The molecule has 0 saturated heterocycles. The van der Waals surface area contributed by atoms with Crippen molar-refractivity contribution < 1.29 is 5.11 Å². The summed E-state index contributed by atoms with van der Waals surface area (Å²) < 4.78 is 0. The zero-order chi connectivity index (χ0) is 13.8. The highest BCUT2D eigenvalue weighted by atomic mass is 35.5. The smallest absolute Gasteiger partial charge is 0.107 e. The van der Waals surface area contributed by atoms with Gasteiger partial charge in [-0.2, -0.15) is 0 Å². The van der Waals surface area contributed by atoms with E-state index in [0.717, 1.165) is 22.8 Å². The molecule has 0 radical (unpaired) electrons. The molecule has 1 unspecified atom stereocenters. The summed E-state index contributed by atoms with van der Waals surface area (Å²) in [5.41, 5.74) is 1.89. The zero-order valence-corrected chi connectivity index (χ0v) is 12.6. The zero-order valence-electron chi connectivity index (χ0n) is 11.0. The maximum atomic E-state index is 10.2. The Balaban J connectivity index is 1.93. The highest BCUT2D eigenvalue weighted by Crippen LogP contribution is 2.19. The van der Waals surface area contributed by atoms with E-state index in [9.17, 15) is 5.11 Å². The molecule has 1 N–H and O–H groups in total. The van der Waals surface area contributed by atoms with Gasteiger partial charge in [-0.1, -0.05) is 23.7 Å². The molecule has 0 aliphatic heterocycles. The Hall–Kier alpha value is -0.940. The van der Waals surface area contributed by atoms with Crippen molar-refractivity contribution in [1.82, 2.24) is 9.88 Å². The topological polar surface area (TPSA) is 36.4 Å². The second-order valence-corrected chi connectivity index (χ2v) is 6.03. The first kappa shape index (κ1) is 14.5. The van der Waals surface area contributed by atoms with Gasteiger partial charge in [-0.05, 0) is 31.7 Å². The molecule has 0 aliphatic carbocycles. The number of aromatic nitrogens is 1. The lowest BCUT2D eigenvalue weighted by Crippen LogP contribution is -2.24. The second-order valence-electron chi connectivity index (χ2n) is 4.65. The second kappa shape index (κ2) is 6.48. The highest BCUT2D eigenvalue weighted by Gasteiger charge is 2.12. The van der Waals surface area contributed by atoms with Gasteiger partial charge >= 0.3 is 0 Å². The van der Waals surface area contributed by atoms with Crippen molar-refractivity contribution in [1.29, 1.82) is 0 Å². The standard InChI is InChI=1S/C14H17ClN2OS/c1-10-9-19-14(16-10)8-17(2)7-13(18)11-4-3-5-12(15)6-11/h3-6,9,13,18H,7-8H2,1-2H3. The fraction of sp³-hybridized carbons (Fsp3) is 0.357. The maximum Gasteiger partial charge on any atom is 0.107 e. The molecule has 0 spiro atoms. The molecule has 1 aromatic carbocycles. The third-order valence-corrected chi connectivity index (χ3v) is 3.98. The number of benzene rings is 1. The summed E-state index contributed by atoms with van der Waals surface area (Å²) in [6.07, 6.45) is -0.537. The minimum Gasteiger partial charge on any atom is -0.387 e. The SMILES string of the molecule is Cc1csc(CN(C)CC(O)c2cccc(Cl)c2)n1. The van der Waals surface area contributed by atoms with Crippen LogP contribution in [0, 0.1) is 6.92 Å². The van der Waals surface area contributed by atoms with Crippen LogP contribution >= 0.6 is 22.9 Å². The molecular weight excluding hydrogens is 280 g/mol. The molecule has 19 heavy (non-hydrogen) atoms. The van der Waals surface area contributed by atoms with Crippen LogP contribution < -0.4 is 0 Å². The summed E-state index contributed by atoms with van der Waals surface area (Å²) >= 11 is 7.57. The number of aliphatic hydroxyl groups is 1. The molecule has 0 amide bonds. The average molecular weight is 297 g/mol. The predicted octanol–water partition coefficient (Wildman–Crippen LogP) is 3.27. The molecule has 3 nitrogen and oxygen atoms in total. The van der Waals surface area contributed by atoms with Crippen molar-refractivity contribution in [2.24, 2.45) is 0 Å². The summed E-state index contributed by atoms with van der Waals surface area (Å²) in [7, 11) is 1.98. The minimum atomic E-state index is -0.537. The van der Waals surface area contributed by atoms with Crippen LogP contribution in [0.15, 0.2) is 29.6 Å². The lowest BCUT2D eigenvalue weighted by Gasteiger charge is -2.19. The van der Waals surface area contributed by atoms with Gasteiger partial charge in [-0.25, -0.2) is 4.98 Å². The molecule has 2 rings (SSSR count). The van der Waals surface area contributed by atoms with E-state index in [1.807, 2.05) is 31.5 Å². The van der Waals surface area contributed by atoms with Gasteiger partial charge < -0.3 is 5.11 Å². The first-order chi connectivity index (χ1) is 9.04. The summed E-state index contributed by atoms with van der Waals surface area (Å²) in [6.45, 7) is 3.29. The van der Waals surface area contributed by atoms with E-state index < -0.39 is 6.10 Å². The molecule has 0 aliphatic rings. The van der Waals surface area contributed by atoms with Crippen LogP contribution in [0.2, 0.25) is 5.02 Å². The molecule has 2 aromatic rings. The van der Waals surface area contributed by atoms with E-state index >= 15 is 0 Å². The first-order valence-electron chi connectivity index (χ1n) is 6.07. The van der Waals surface area contributed by atoms with Gasteiger partial charge in [-0.3, -0.25) is 4.90 Å². The molecule has 0 bridgehead atoms. The van der Waals surface area contributed by atoms with E-state index in [0.29, 0.717) is 11.6 Å². The van der Waals surface area contributed by atoms with Gasteiger partial charge in [0, 0.05) is 22.6 Å². The van der Waals surface area contributed by atoms with Crippen molar-refractivity contribution in [3.63, 3.8) is 0 Å². The van der Waals surface area contributed by atoms with E-state index in [2.05, 4.69) is 9.88 Å². The van der Waals surface area contributed by atoms with Crippen LogP contribution in [0.1, 0.15) is 22.4 Å². The average Bonchev–Trinajstić information content (AvgIpc) is 2.74. The summed E-state index contributed by atoms with van der Waals surface area (Å²) in [5.74, 6) is 0. The van der Waals surface area contributed by atoms with Gasteiger partial charge in [0.15, 0.2) is 0 Å². The summed E-state index contributed by atoms with van der Waals surface area (Å²) in [4.78, 5) is 6.48. The number of nitrogens with zero attached hydrogens (tertiary/aromatic N) is 2. The Morgan fingerprint density at radius 1 is 1.47 bits per heavy atom. The quantitative estimate of drug-likeness (QED) is 0.920. The summed E-state index contributed by atoms with van der Waals surface area (Å²) in [6, 6.07) is 7.34. The van der Waals surface area contributed by atoms with Gasteiger partial charge in [0.05, 0.1) is 12.6 Å². The van der Waals surface area contributed by atoms with Gasteiger partial charge in [0.25, 0.3) is 0 Å². The fourth-order valence-corrected chi connectivity index (χ4v) is 2.93.